The van der Waals surface area contributed by atoms with E-state index in [1.54, 1.807) is 20.3 Å². The van der Waals surface area contributed by atoms with Crippen molar-refractivity contribution in [2.45, 2.75) is 31.8 Å². The molecule has 1 aromatic carbocycles. The number of ether oxygens (including phenoxy) is 2. The standard InChI is InChI=1S/C14H20N2O3/c1-18-12-7-6-10(13(8-12)19-2)9-15-14(17)16-11-4-3-5-11/h6-8,11H,3-5,9H2,1-2H3,(H2,15,16,17). The molecule has 1 aliphatic rings. The number of hydrogen-bond donors (Lipinski definition) is 2. The van der Waals surface area contributed by atoms with Crippen LogP contribution in [-0.4, -0.2) is 26.3 Å². The Morgan fingerprint density at radius 1 is 1.32 bits per heavy atom. The zero-order valence-corrected chi connectivity index (χ0v) is 11.4. The molecule has 0 aromatic heterocycles. The molecule has 0 spiro atoms. The highest BCUT2D eigenvalue weighted by Crippen LogP contribution is 2.24. The Hall–Kier alpha value is -1.91. The van der Waals surface area contributed by atoms with Crippen LogP contribution >= 0.6 is 0 Å². The lowest BCUT2D eigenvalue weighted by molar-refractivity contribution is 0.228. The molecule has 0 heterocycles. The average molecular weight is 264 g/mol. The van der Waals surface area contributed by atoms with E-state index >= 15 is 0 Å². The van der Waals surface area contributed by atoms with Crippen molar-refractivity contribution in [1.82, 2.24) is 10.6 Å². The fourth-order valence-electron chi connectivity index (χ4n) is 1.96. The van der Waals surface area contributed by atoms with Crippen molar-refractivity contribution >= 4 is 6.03 Å². The maximum absolute atomic E-state index is 11.7. The third-order valence-corrected chi connectivity index (χ3v) is 3.37. The molecule has 5 heteroatoms. The summed E-state index contributed by atoms with van der Waals surface area (Å²) < 4.78 is 10.4. The van der Waals surface area contributed by atoms with Gasteiger partial charge in [-0.1, -0.05) is 0 Å². The maximum atomic E-state index is 11.7. The molecule has 1 aromatic rings. The van der Waals surface area contributed by atoms with Crippen LogP contribution in [0.2, 0.25) is 0 Å². The van der Waals surface area contributed by atoms with E-state index in [0.717, 1.165) is 24.2 Å². The van der Waals surface area contributed by atoms with Gasteiger partial charge in [-0.15, -0.1) is 0 Å². The second kappa shape index (κ2) is 6.31. The lowest BCUT2D eigenvalue weighted by Gasteiger charge is -2.26. The van der Waals surface area contributed by atoms with Gasteiger partial charge in [-0.05, 0) is 31.4 Å². The van der Waals surface area contributed by atoms with Gasteiger partial charge in [0.25, 0.3) is 0 Å². The largest absolute Gasteiger partial charge is 0.497 e. The number of carbonyl (C=O) groups excluding carboxylic acids is 1. The molecule has 2 rings (SSSR count). The molecule has 1 saturated carbocycles. The lowest BCUT2D eigenvalue weighted by Crippen LogP contribution is -2.44. The second-order valence-corrected chi connectivity index (χ2v) is 4.63. The topological polar surface area (TPSA) is 59.6 Å². The number of rotatable bonds is 5. The van der Waals surface area contributed by atoms with Gasteiger partial charge in [0.15, 0.2) is 0 Å². The van der Waals surface area contributed by atoms with Crippen molar-refractivity contribution in [3.8, 4) is 11.5 Å². The summed E-state index contributed by atoms with van der Waals surface area (Å²) in [7, 11) is 3.21. The van der Waals surface area contributed by atoms with Crippen LogP contribution in [0.1, 0.15) is 24.8 Å². The molecule has 0 bridgehead atoms. The highest BCUT2D eigenvalue weighted by Gasteiger charge is 2.19. The van der Waals surface area contributed by atoms with Crippen molar-refractivity contribution < 1.29 is 14.3 Å². The minimum atomic E-state index is -0.123. The summed E-state index contributed by atoms with van der Waals surface area (Å²) in [5.74, 6) is 1.45. The van der Waals surface area contributed by atoms with E-state index in [9.17, 15) is 4.79 Å². The molecule has 2 amide bonds. The quantitative estimate of drug-likeness (QED) is 0.855. The first-order valence-electron chi connectivity index (χ1n) is 6.48. The SMILES string of the molecule is COc1ccc(CNC(=O)NC2CCC2)c(OC)c1. The third kappa shape index (κ3) is 3.53. The number of hydrogen-bond acceptors (Lipinski definition) is 3. The number of benzene rings is 1. The number of carbonyl (C=O) groups is 1. The van der Waals surface area contributed by atoms with Crippen LogP contribution in [0.25, 0.3) is 0 Å². The van der Waals surface area contributed by atoms with Crippen LogP contribution in [-0.2, 0) is 6.54 Å². The van der Waals surface area contributed by atoms with E-state index in [1.807, 2.05) is 12.1 Å². The molecule has 0 aliphatic heterocycles. The summed E-state index contributed by atoms with van der Waals surface area (Å²) in [6.07, 6.45) is 3.37. The van der Waals surface area contributed by atoms with Crippen molar-refractivity contribution in [3.05, 3.63) is 23.8 Å². The number of amides is 2. The maximum Gasteiger partial charge on any atom is 0.315 e. The highest BCUT2D eigenvalue weighted by atomic mass is 16.5. The zero-order valence-electron chi connectivity index (χ0n) is 11.4. The van der Waals surface area contributed by atoms with E-state index in [1.165, 1.54) is 6.42 Å². The number of nitrogens with one attached hydrogen (secondary N) is 2. The summed E-state index contributed by atoms with van der Waals surface area (Å²) in [5.41, 5.74) is 0.923. The molecule has 0 unspecified atom stereocenters. The van der Waals surface area contributed by atoms with Crippen LogP contribution in [0.5, 0.6) is 11.5 Å². The van der Waals surface area contributed by atoms with Gasteiger partial charge in [-0.2, -0.15) is 0 Å². The number of methoxy groups -OCH3 is 2. The summed E-state index contributed by atoms with van der Waals surface area (Å²) in [6, 6.07) is 5.77. The van der Waals surface area contributed by atoms with E-state index in [2.05, 4.69) is 10.6 Å². The fraction of sp³-hybridized carbons (Fsp3) is 0.500. The van der Waals surface area contributed by atoms with Gasteiger partial charge in [-0.25, -0.2) is 4.79 Å². The minimum Gasteiger partial charge on any atom is -0.497 e. The Labute approximate surface area is 113 Å². The van der Waals surface area contributed by atoms with E-state index in [0.29, 0.717) is 18.3 Å². The van der Waals surface area contributed by atoms with Crippen molar-refractivity contribution in [1.29, 1.82) is 0 Å². The normalized spacial score (nSPS) is 14.4. The summed E-state index contributed by atoms with van der Waals surface area (Å²) in [4.78, 5) is 11.7. The Morgan fingerprint density at radius 3 is 2.68 bits per heavy atom. The molecule has 0 radical (unpaired) electrons. The van der Waals surface area contributed by atoms with Gasteiger partial charge in [0, 0.05) is 24.2 Å². The molecule has 1 fully saturated rings. The Bertz CT molecular complexity index is 444. The lowest BCUT2D eigenvalue weighted by atomic mass is 9.93. The number of urea groups is 1. The summed E-state index contributed by atoms with van der Waals surface area (Å²) >= 11 is 0. The van der Waals surface area contributed by atoms with Crippen molar-refractivity contribution in [3.63, 3.8) is 0 Å². The van der Waals surface area contributed by atoms with Gasteiger partial charge < -0.3 is 20.1 Å². The molecule has 2 N–H and O–H groups in total. The van der Waals surface area contributed by atoms with Gasteiger partial charge in [-0.3, -0.25) is 0 Å². The predicted octanol–water partition coefficient (Wildman–Crippen LogP) is 2.06. The average Bonchev–Trinajstić information content (AvgIpc) is 2.40. The summed E-state index contributed by atoms with van der Waals surface area (Å²) in [5, 5.41) is 5.77. The van der Waals surface area contributed by atoms with Gasteiger partial charge in [0.2, 0.25) is 0 Å². The minimum absolute atomic E-state index is 0.123. The van der Waals surface area contributed by atoms with Crippen LogP contribution in [0.3, 0.4) is 0 Å². The fourth-order valence-corrected chi connectivity index (χ4v) is 1.96. The first kappa shape index (κ1) is 13.5. The van der Waals surface area contributed by atoms with Gasteiger partial charge in [0.05, 0.1) is 14.2 Å². The van der Waals surface area contributed by atoms with E-state index < -0.39 is 0 Å². The van der Waals surface area contributed by atoms with E-state index in [4.69, 9.17) is 9.47 Å². The van der Waals surface area contributed by atoms with Crippen molar-refractivity contribution in [2.75, 3.05) is 14.2 Å². The zero-order chi connectivity index (χ0) is 13.7. The first-order chi connectivity index (χ1) is 9.22. The molecule has 1 aliphatic carbocycles. The molecular formula is C14H20N2O3. The molecule has 104 valence electrons. The smallest absolute Gasteiger partial charge is 0.315 e. The monoisotopic (exact) mass is 264 g/mol. The van der Waals surface area contributed by atoms with Crippen LogP contribution < -0.4 is 20.1 Å². The molecule has 0 atom stereocenters. The first-order valence-corrected chi connectivity index (χ1v) is 6.48. The Morgan fingerprint density at radius 2 is 2.11 bits per heavy atom. The van der Waals surface area contributed by atoms with Gasteiger partial charge in [0.1, 0.15) is 11.5 Å². The third-order valence-electron chi connectivity index (χ3n) is 3.37. The van der Waals surface area contributed by atoms with E-state index in [-0.39, 0.29) is 6.03 Å². The predicted molar refractivity (Wildman–Crippen MR) is 72.6 cm³/mol. The van der Waals surface area contributed by atoms with Crippen molar-refractivity contribution in [2.24, 2.45) is 0 Å². The van der Waals surface area contributed by atoms with Crippen LogP contribution in [0.15, 0.2) is 18.2 Å². The van der Waals surface area contributed by atoms with Crippen LogP contribution in [0.4, 0.5) is 4.79 Å². The molecule has 5 nitrogen and oxygen atoms in total. The Kier molecular flexibility index (Phi) is 4.49. The molecule has 19 heavy (non-hydrogen) atoms. The summed E-state index contributed by atoms with van der Waals surface area (Å²) in [6.45, 7) is 0.436. The van der Waals surface area contributed by atoms with Gasteiger partial charge >= 0.3 is 6.03 Å². The molecule has 0 saturated heterocycles. The van der Waals surface area contributed by atoms with Crippen LogP contribution in [0, 0.1) is 0 Å². The molecular weight excluding hydrogens is 244 g/mol. The second-order valence-electron chi connectivity index (χ2n) is 4.63. The highest BCUT2D eigenvalue weighted by molar-refractivity contribution is 5.74. The Balaban J connectivity index is 1.88.